The van der Waals surface area contributed by atoms with E-state index in [0.29, 0.717) is 24.4 Å². The smallest absolute Gasteiger partial charge is 0.407 e. The van der Waals surface area contributed by atoms with Gasteiger partial charge in [0.05, 0.1) is 60.1 Å². The summed E-state index contributed by atoms with van der Waals surface area (Å²) in [5.74, 6) is -0.348. The number of carbonyl (C=O) groups is 1. The molecular weight excluding hydrogens is 709 g/mol. The Balaban J connectivity index is 1.53. The fourth-order valence-corrected chi connectivity index (χ4v) is 9.56. The number of aliphatic hydroxyl groups excluding tert-OH is 1. The van der Waals surface area contributed by atoms with Gasteiger partial charge in [-0.2, -0.15) is 4.31 Å². The molecule has 1 aliphatic carbocycles. The summed E-state index contributed by atoms with van der Waals surface area (Å²) in [6.45, 7) is 9.51. The standard InChI is InChI=1S/C33H50N3O13PS/c1-6-47-50(41,48-7-2)21-46-26-12-13-31(23(5)16-26)51(42,43)35(18-22(3)4)19-29(37)28(17-24-8-10-25(11-9-24)36(39)40)34-33(38)49-30-20-45-32-27(30)14-15-44-32/h8-13,22-23,27-30,32,37H,6-7,14-21H2,1-5H3,(H,34,38)/t23?,27-,28-,29+,30-,32+/m0/s1. The third-order valence-corrected chi connectivity index (χ3v) is 12.6. The lowest BCUT2D eigenvalue weighted by atomic mass is 10.0. The summed E-state index contributed by atoms with van der Waals surface area (Å²) < 4.78 is 75.5. The number of non-ortho nitro benzene ring substituents is 1. The van der Waals surface area contributed by atoms with Crippen molar-refractivity contribution in [3.8, 4) is 0 Å². The van der Waals surface area contributed by atoms with Gasteiger partial charge in [-0.05, 0) is 50.3 Å². The molecule has 3 aliphatic rings. The first kappa shape index (κ1) is 40.9. The largest absolute Gasteiger partial charge is 0.485 e. The van der Waals surface area contributed by atoms with Crippen LogP contribution in [0.2, 0.25) is 0 Å². The van der Waals surface area contributed by atoms with Crippen LogP contribution in [0.1, 0.15) is 53.0 Å². The van der Waals surface area contributed by atoms with E-state index in [9.17, 15) is 33.0 Å². The van der Waals surface area contributed by atoms with Crippen LogP contribution in [0.3, 0.4) is 0 Å². The van der Waals surface area contributed by atoms with Gasteiger partial charge in [-0.15, -0.1) is 0 Å². The van der Waals surface area contributed by atoms with E-state index in [4.69, 9.17) is 28.0 Å². The quantitative estimate of drug-likeness (QED) is 0.112. The van der Waals surface area contributed by atoms with Crippen LogP contribution in [0.4, 0.5) is 10.5 Å². The van der Waals surface area contributed by atoms with E-state index in [0.717, 1.165) is 0 Å². The molecule has 0 spiro atoms. The maximum Gasteiger partial charge on any atom is 0.407 e. The van der Waals surface area contributed by atoms with Crippen molar-refractivity contribution in [2.75, 3.05) is 45.9 Å². The molecule has 16 nitrogen and oxygen atoms in total. The van der Waals surface area contributed by atoms with Gasteiger partial charge in [0, 0.05) is 37.6 Å². The number of ether oxygens (including phenoxy) is 4. The first-order chi connectivity index (χ1) is 24.2. The molecule has 6 atom stereocenters. The lowest BCUT2D eigenvalue weighted by Crippen LogP contribution is -2.52. The number of carbonyl (C=O) groups excluding carboxylic acids is 1. The van der Waals surface area contributed by atoms with Crippen LogP contribution in [0.15, 0.2) is 47.1 Å². The summed E-state index contributed by atoms with van der Waals surface area (Å²) in [6.07, 6.45) is 0.300. The molecule has 2 saturated heterocycles. The minimum atomic E-state index is -4.15. The van der Waals surface area contributed by atoms with Gasteiger partial charge in [0.2, 0.25) is 10.0 Å². The first-order valence-electron chi connectivity index (χ1n) is 17.2. The number of amides is 1. The molecule has 18 heteroatoms. The lowest BCUT2D eigenvalue weighted by Gasteiger charge is -2.33. The molecular formula is C33H50N3O13PS. The topological polar surface area (TPSA) is 202 Å². The molecule has 4 rings (SSSR count). The van der Waals surface area contributed by atoms with Crippen molar-refractivity contribution < 1.29 is 55.8 Å². The second kappa shape index (κ2) is 18.2. The zero-order valence-electron chi connectivity index (χ0n) is 29.7. The molecule has 0 aromatic heterocycles. The van der Waals surface area contributed by atoms with Gasteiger partial charge in [0.25, 0.3) is 5.69 Å². The van der Waals surface area contributed by atoms with E-state index in [1.165, 1.54) is 40.7 Å². The molecule has 2 N–H and O–H groups in total. The number of nitrogens with one attached hydrogen (secondary N) is 1. The van der Waals surface area contributed by atoms with E-state index < -0.39 is 59.1 Å². The van der Waals surface area contributed by atoms with Gasteiger partial charge in [-0.3, -0.25) is 14.7 Å². The van der Waals surface area contributed by atoms with Crippen molar-refractivity contribution in [2.24, 2.45) is 17.8 Å². The molecule has 2 fully saturated rings. The number of nitro groups is 1. The van der Waals surface area contributed by atoms with E-state index >= 15 is 0 Å². The van der Waals surface area contributed by atoms with E-state index in [2.05, 4.69) is 5.32 Å². The van der Waals surface area contributed by atoms with Gasteiger partial charge in [-0.1, -0.05) is 32.9 Å². The number of fused-ring (bicyclic) bond motifs is 1. The lowest BCUT2D eigenvalue weighted by molar-refractivity contribution is -0.384. The Labute approximate surface area is 299 Å². The van der Waals surface area contributed by atoms with Crippen molar-refractivity contribution >= 4 is 29.4 Å². The Hall–Kier alpha value is -2.89. The Kier molecular flexibility index (Phi) is 14.6. The third kappa shape index (κ3) is 11.1. The van der Waals surface area contributed by atoms with Gasteiger partial charge in [0.1, 0.15) is 6.10 Å². The van der Waals surface area contributed by atoms with E-state index in [1.807, 2.05) is 13.8 Å². The zero-order valence-corrected chi connectivity index (χ0v) is 31.4. The Morgan fingerprint density at radius 1 is 1.14 bits per heavy atom. The summed E-state index contributed by atoms with van der Waals surface area (Å²) in [4.78, 5) is 24.0. The summed E-state index contributed by atoms with van der Waals surface area (Å²) in [6, 6.07) is 4.63. The number of nitro benzene ring substituents is 1. The van der Waals surface area contributed by atoms with Crippen LogP contribution in [0, 0.1) is 27.9 Å². The van der Waals surface area contributed by atoms with Crippen LogP contribution in [-0.4, -0.2) is 99.3 Å². The second-order valence-electron chi connectivity index (χ2n) is 13.2. The van der Waals surface area contributed by atoms with Crippen molar-refractivity contribution in [1.82, 2.24) is 9.62 Å². The van der Waals surface area contributed by atoms with Crippen molar-refractivity contribution in [3.05, 3.63) is 62.8 Å². The Morgan fingerprint density at radius 3 is 2.43 bits per heavy atom. The SMILES string of the molecule is CCOP(=O)(COC1=CC=C(S(=O)(=O)N(CC(C)C)C[C@@H](O)[C@H](Cc2ccc([N+](=O)[O-])cc2)NC(=O)O[C@H]2CO[C@H]3OCC[C@H]32)C(C)C1)OCC. The summed E-state index contributed by atoms with van der Waals surface area (Å²) >= 11 is 0. The Bertz CT molecular complexity index is 1560. The van der Waals surface area contributed by atoms with Crippen LogP contribution in [0.5, 0.6) is 0 Å². The van der Waals surface area contributed by atoms with E-state index in [1.54, 1.807) is 20.8 Å². The van der Waals surface area contributed by atoms with Gasteiger partial charge >= 0.3 is 13.7 Å². The molecule has 0 saturated carbocycles. The average molecular weight is 760 g/mol. The summed E-state index contributed by atoms with van der Waals surface area (Å²) in [5.41, 5.74) is 0.443. The van der Waals surface area contributed by atoms with Crippen molar-refractivity contribution in [3.63, 3.8) is 0 Å². The Morgan fingerprint density at radius 2 is 1.82 bits per heavy atom. The van der Waals surface area contributed by atoms with Gasteiger partial charge < -0.3 is 38.4 Å². The number of nitrogens with zero attached hydrogens (tertiary/aromatic N) is 2. The molecule has 1 amide bonds. The average Bonchev–Trinajstić information content (AvgIpc) is 3.68. The maximum atomic E-state index is 14.2. The molecule has 2 aliphatic heterocycles. The predicted octanol–water partition coefficient (Wildman–Crippen LogP) is 4.69. The third-order valence-electron chi connectivity index (χ3n) is 8.70. The highest BCUT2D eigenvalue weighted by Gasteiger charge is 2.44. The normalized spacial score (nSPS) is 23.4. The number of hydrogen-bond donors (Lipinski definition) is 2. The van der Waals surface area contributed by atoms with Crippen LogP contribution in [0.25, 0.3) is 0 Å². The summed E-state index contributed by atoms with van der Waals surface area (Å²) in [7, 11) is -7.63. The minimum absolute atomic E-state index is 0.0239. The number of alkyl carbamates (subject to hydrolysis) is 1. The van der Waals surface area contributed by atoms with Crippen LogP contribution in [-0.2, 0) is 49.0 Å². The molecule has 1 aromatic carbocycles. The molecule has 1 aromatic rings. The zero-order chi connectivity index (χ0) is 37.3. The second-order valence-corrected chi connectivity index (χ2v) is 17.1. The number of hydrogen-bond acceptors (Lipinski definition) is 13. The van der Waals surface area contributed by atoms with E-state index in [-0.39, 0.29) is 74.5 Å². The highest BCUT2D eigenvalue weighted by molar-refractivity contribution is 7.93. The van der Waals surface area contributed by atoms with Crippen LogP contribution >= 0.6 is 7.60 Å². The number of aliphatic hydroxyl groups is 1. The highest BCUT2D eigenvalue weighted by Crippen LogP contribution is 2.49. The fourth-order valence-electron chi connectivity index (χ4n) is 6.25. The highest BCUT2D eigenvalue weighted by atomic mass is 32.2. The molecule has 0 radical (unpaired) electrons. The molecule has 0 bridgehead atoms. The fraction of sp³-hybridized carbons (Fsp3) is 0.667. The van der Waals surface area contributed by atoms with Crippen LogP contribution < -0.4 is 5.32 Å². The molecule has 286 valence electrons. The monoisotopic (exact) mass is 759 g/mol. The molecule has 51 heavy (non-hydrogen) atoms. The number of rotatable bonds is 19. The minimum Gasteiger partial charge on any atom is -0.485 e. The first-order valence-corrected chi connectivity index (χ1v) is 20.4. The van der Waals surface area contributed by atoms with Crippen molar-refractivity contribution in [1.29, 1.82) is 0 Å². The van der Waals surface area contributed by atoms with Gasteiger partial charge in [0.15, 0.2) is 12.6 Å². The maximum absolute atomic E-state index is 14.2. The molecule has 2 heterocycles. The number of sulfonamides is 1. The predicted molar refractivity (Wildman–Crippen MR) is 186 cm³/mol. The van der Waals surface area contributed by atoms with Crippen molar-refractivity contribution in [2.45, 2.75) is 78.4 Å². The summed E-state index contributed by atoms with van der Waals surface area (Å²) in [5, 5.41) is 25.5. The number of allylic oxidation sites excluding steroid dienone is 4. The number of benzene rings is 1. The van der Waals surface area contributed by atoms with Gasteiger partial charge in [-0.25, -0.2) is 13.2 Å². The molecule has 1 unspecified atom stereocenters.